The average Bonchev–Trinajstić information content (AvgIpc) is 2.55. The minimum absolute atomic E-state index is 0.692. The SMILES string of the molecule is CCCCc1ccccc1C(CCCC)(CCCC)OC(=O)O. The van der Waals surface area contributed by atoms with Crippen molar-refractivity contribution in [2.75, 3.05) is 0 Å². The highest BCUT2D eigenvalue weighted by molar-refractivity contribution is 5.58. The molecule has 0 bridgehead atoms. The van der Waals surface area contributed by atoms with Crippen molar-refractivity contribution in [3.8, 4) is 0 Å². The van der Waals surface area contributed by atoms with Crippen LogP contribution < -0.4 is 0 Å². The van der Waals surface area contributed by atoms with Crippen molar-refractivity contribution >= 4 is 6.16 Å². The first-order valence-electron chi connectivity index (χ1n) is 9.10. The molecule has 0 saturated carbocycles. The van der Waals surface area contributed by atoms with Crippen molar-refractivity contribution in [3.05, 3.63) is 35.4 Å². The maximum Gasteiger partial charge on any atom is 0.506 e. The van der Waals surface area contributed by atoms with Gasteiger partial charge >= 0.3 is 6.16 Å². The minimum Gasteiger partial charge on any atom is -0.450 e. The zero-order chi connectivity index (χ0) is 17.1. The summed E-state index contributed by atoms with van der Waals surface area (Å²) in [4.78, 5) is 11.4. The summed E-state index contributed by atoms with van der Waals surface area (Å²) >= 11 is 0. The molecule has 23 heavy (non-hydrogen) atoms. The van der Waals surface area contributed by atoms with E-state index in [9.17, 15) is 9.90 Å². The molecule has 1 aromatic rings. The standard InChI is InChI=1S/C20H32O3/c1-4-7-12-17-13-10-11-14-18(17)20(15-8-5-2,16-9-6-3)23-19(21)22/h10-11,13-14H,4-9,12,15-16H2,1-3H3,(H,21,22). The van der Waals surface area contributed by atoms with Crippen molar-refractivity contribution in [1.29, 1.82) is 0 Å². The highest BCUT2D eigenvalue weighted by Crippen LogP contribution is 2.39. The van der Waals surface area contributed by atoms with Gasteiger partial charge in [-0.25, -0.2) is 4.79 Å². The predicted octanol–water partition coefficient (Wildman–Crippen LogP) is 6.30. The van der Waals surface area contributed by atoms with Gasteiger partial charge in [0.15, 0.2) is 0 Å². The van der Waals surface area contributed by atoms with E-state index in [4.69, 9.17) is 4.74 Å². The Morgan fingerprint density at radius 2 is 1.57 bits per heavy atom. The molecule has 0 heterocycles. The van der Waals surface area contributed by atoms with Crippen molar-refractivity contribution in [1.82, 2.24) is 0 Å². The molecule has 1 rings (SSSR count). The largest absolute Gasteiger partial charge is 0.506 e. The van der Waals surface area contributed by atoms with E-state index in [1.165, 1.54) is 5.56 Å². The summed E-state index contributed by atoms with van der Waals surface area (Å²) in [7, 11) is 0. The number of hydrogen-bond donors (Lipinski definition) is 1. The molecule has 0 radical (unpaired) electrons. The van der Waals surface area contributed by atoms with E-state index in [2.05, 4.69) is 32.9 Å². The van der Waals surface area contributed by atoms with Crippen LogP contribution in [0.5, 0.6) is 0 Å². The Kier molecular flexibility index (Phi) is 8.75. The zero-order valence-electron chi connectivity index (χ0n) is 14.9. The fourth-order valence-corrected chi connectivity index (χ4v) is 3.19. The summed E-state index contributed by atoms with van der Waals surface area (Å²) in [5.41, 5.74) is 1.63. The van der Waals surface area contributed by atoms with E-state index in [0.29, 0.717) is 0 Å². The van der Waals surface area contributed by atoms with Crippen molar-refractivity contribution in [2.24, 2.45) is 0 Å². The van der Waals surface area contributed by atoms with Crippen molar-refractivity contribution in [2.45, 2.75) is 84.2 Å². The van der Waals surface area contributed by atoms with Crippen LogP contribution in [0.25, 0.3) is 0 Å². The Morgan fingerprint density at radius 1 is 1.00 bits per heavy atom. The molecule has 0 aliphatic carbocycles. The average molecular weight is 320 g/mol. The van der Waals surface area contributed by atoms with Crippen LogP contribution in [0.2, 0.25) is 0 Å². The number of rotatable bonds is 11. The van der Waals surface area contributed by atoms with Gasteiger partial charge in [-0.05, 0) is 49.7 Å². The Bertz CT molecular complexity index is 460. The molecule has 0 unspecified atom stereocenters. The lowest BCUT2D eigenvalue weighted by molar-refractivity contribution is -0.0374. The Labute approximate surface area is 141 Å². The van der Waals surface area contributed by atoms with E-state index in [1.807, 2.05) is 12.1 Å². The van der Waals surface area contributed by atoms with Gasteiger partial charge in [-0.3, -0.25) is 0 Å². The lowest BCUT2D eigenvalue weighted by Gasteiger charge is -2.35. The highest BCUT2D eigenvalue weighted by atomic mass is 16.7. The second kappa shape index (κ2) is 10.3. The molecule has 0 aliphatic heterocycles. The normalized spacial score (nSPS) is 11.4. The molecule has 1 N–H and O–H groups in total. The molecule has 0 aromatic heterocycles. The number of hydrogen-bond acceptors (Lipinski definition) is 2. The summed E-state index contributed by atoms with van der Waals surface area (Å²) in [6, 6.07) is 8.24. The Morgan fingerprint density at radius 3 is 2.09 bits per heavy atom. The Hall–Kier alpha value is -1.51. The predicted molar refractivity (Wildman–Crippen MR) is 94.9 cm³/mol. The third-order valence-corrected chi connectivity index (χ3v) is 4.46. The van der Waals surface area contributed by atoms with E-state index in [0.717, 1.165) is 63.4 Å². The number of aryl methyl sites for hydroxylation is 1. The summed E-state index contributed by atoms with van der Waals surface area (Å²) in [5.74, 6) is 0. The first kappa shape index (κ1) is 19.5. The molecule has 1 aromatic carbocycles. The fraction of sp³-hybridized carbons (Fsp3) is 0.650. The van der Waals surface area contributed by atoms with Crippen LogP contribution in [-0.2, 0) is 16.8 Å². The van der Waals surface area contributed by atoms with Gasteiger partial charge in [0, 0.05) is 0 Å². The summed E-state index contributed by atoms with van der Waals surface area (Å²) in [6.07, 6.45) is 7.60. The number of benzene rings is 1. The van der Waals surface area contributed by atoms with E-state index >= 15 is 0 Å². The van der Waals surface area contributed by atoms with E-state index in [-0.39, 0.29) is 0 Å². The molecular weight excluding hydrogens is 288 g/mol. The topological polar surface area (TPSA) is 46.5 Å². The van der Waals surface area contributed by atoms with E-state index in [1.54, 1.807) is 0 Å². The van der Waals surface area contributed by atoms with Crippen LogP contribution in [-0.4, -0.2) is 11.3 Å². The number of carboxylic acid groups (broad SMARTS) is 1. The van der Waals surface area contributed by atoms with E-state index < -0.39 is 11.8 Å². The third-order valence-electron chi connectivity index (χ3n) is 4.46. The van der Waals surface area contributed by atoms with Crippen LogP contribution in [0.3, 0.4) is 0 Å². The highest BCUT2D eigenvalue weighted by Gasteiger charge is 2.37. The second-order valence-electron chi connectivity index (χ2n) is 6.33. The maximum atomic E-state index is 11.4. The fourth-order valence-electron chi connectivity index (χ4n) is 3.19. The first-order valence-corrected chi connectivity index (χ1v) is 9.10. The van der Waals surface area contributed by atoms with Crippen LogP contribution >= 0.6 is 0 Å². The van der Waals surface area contributed by atoms with Crippen molar-refractivity contribution < 1.29 is 14.6 Å². The Balaban J connectivity index is 3.25. The maximum absolute atomic E-state index is 11.4. The quantitative estimate of drug-likeness (QED) is 0.487. The molecule has 0 aliphatic rings. The molecule has 0 spiro atoms. The summed E-state index contributed by atoms with van der Waals surface area (Å²) in [5, 5.41) is 9.35. The summed E-state index contributed by atoms with van der Waals surface area (Å²) in [6.45, 7) is 6.44. The van der Waals surface area contributed by atoms with Gasteiger partial charge in [0.25, 0.3) is 0 Å². The molecule has 3 heteroatoms. The lowest BCUT2D eigenvalue weighted by atomic mass is 9.80. The van der Waals surface area contributed by atoms with Gasteiger partial charge < -0.3 is 9.84 Å². The molecule has 0 fully saturated rings. The van der Waals surface area contributed by atoms with Gasteiger partial charge in [0.1, 0.15) is 5.60 Å². The molecule has 0 saturated heterocycles. The number of carbonyl (C=O) groups is 1. The number of ether oxygens (including phenoxy) is 1. The monoisotopic (exact) mass is 320 g/mol. The van der Waals surface area contributed by atoms with Gasteiger partial charge in [-0.2, -0.15) is 0 Å². The van der Waals surface area contributed by atoms with Crippen LogP contribution in [0.15, 0.2) is 24.3 Å². The smallest absolute Gasteiger partial charge is 0.450 e. The minimum atomic E-state index is -1.16. The third kappa shape index (κ3) is 5.89. The summed E-state index contributed by atoms with van der Waals surface area (Å²) < 4.78 is 5.57. The van der Waals surface area contributed by atoms with Crippen LogP contribution in [0.1, 0.15) is 83.3 Å². The van der Waals surface area contributed by atoms with Crippen LogP contribution in [0, 0.1) is 0 Å². The molecular formula is C20H32O3. The van der Waals surface area contributed by atoms with Gasteiger partial charge in [-0.1, -0.05) is 64.3 Å². The van der Waals surface area contributed by atoms with Gasteiger partial charge in [0.2, 0.25) is 0 Å². The zero-order valence-corrected chi connectivity index (χ0v) is 14.9. The van der Waals surface area contributed by atoms with Crippen molar-refractivity contribution in [3.63, 3.8) is 0 Å². The van der Waals surface area contributed by atoms with Gasteiger partial charge in [0.05, 0.1) is 0 Å². The number of unbranched alkanes of at least 4 members (excludes halogenated alkanes) is 3. The first-order chi connectivity index (χ1) is 11.1. The van der Waals surface area contributed by atoms with Gasteiger partial charge in [-0.15, -0.1) is 0 Å². The molecule has 0 amide bonds. The molecule has 3 nitrogen and oxygen atoms in total. The molecule has 130 valence electrons. The molecule has 0 atom stereocenters. The lowest BCUT2D eigenvalue weighted by Crippen LogP contribution is -2.33. The second-order valence-corrected chi connectivity index (χ2v) is 6.33. The van der Waals surface area contributed by atoms with Crippen LogP contribution in [0.4, 0.5) is 4.79 Å².